The van der Waals surface area contributed by atoms with E-state index in [-0.39, 0.29) is 34.9 Å². The first-order valence-electron chi connectivity index (χ1n) is 7.38. The molecule has 126 valence electrons. The molecule has 0 aliphatic carbocycles. The Morgan fingerprint density at radius 3 is 2.87 bits per heavy atom. The average molecular weight is 342 g/mol. The topological polar surface area (TPSA) is 95.7 Å². The maximum atomic E-state index is 12.2. The summed E-state index contributed by atoms with van der Waals surface area (Å²) >= 11 is 5.75. The van der Waals surface area contributed by atoms with Crippen LogP contribution in [0.3, 0.4) is 0 Å². The number of likely N-dealkylation sites (tertiary alicyclic amines) is 1. The van der Waals surface area contributed by atoms with Crippen molar-refractivity contribution in [2.24, 2.45) is 0 Å². The molecule has 1 saturated heterocycles. The number of rotatable bonds is 5. The van der Waals surface area contributed by atoms with E-state index in [1.54, 1.807) is 13.8 Å². The van der Waals surface area contributed by atoms with Crippen LogP contribution in [0.1, 0.15) is 26.7 Å². The summed E-state index contributed by atoms with van der Waals surface area (Å²) in [6.07, 6.45) is 1.72. The minimum atomic E-state index is -0.900. The minimum Gasteiger partial charge on any atom is -0.389 e. The van der Waals surface area contributed by atoms with Crippen LogP contribution in [0.15, 0.2) is 18.2 Å². The summed E-state index contributed by atoms with van der Waals surface area (Å²) in [5, 5.41) is 24.0. The maximum absolute atomic E-state index is 12.2. The van der Waals surface area contributed by atoms with Gasteiger partial charge in [0.2, 0.25) is 5.91 Å². The Morgan fingerprint density at radius 2 is 2.26 bits per heavy atom. The number of carbonyl (C=O) groups is 1. The molecular weight excluding hydrogens is 322 g/mol. The summed E-state index contributed by atoms with van der Waals surface area (Å²) in [4.78, 5) is 24.6. The lowest BCUT2D eigenvalue weighted by Gasteiger charge is -2.33. The second kappa shape index (κ2) is 6.82. The smallest absolute Gasteiger partial charge is 0.294 e. The van der Waals surface area contributed by atoms with Crippen molar-refractivity contribution in [3.05, 3.63) is 33.3 Å². The van der Waals surface area contributed by atoms with E-state index in [2.05, 4.69) is 5.32 Å². The predicted octanol–water partition coefficient (Wildman–Crippen LogP) is 2.42. The van der Waals surface area contributed by atoms with Gasteiger partial charge in [-0.2, -0.15) is 0 Å². The van der Waals surface area contributed by atoms with Gasteiger partial charge in [0.25, 0.3) is 5.69 Å². The van der Waals surface area contributed by atoms with Gasteiger partial charge in [-0.05, 0) is 45.4 Å². The number of hydrogen-bond donors (Lipinski definition) is 2. The summed E-state index contributed by atoms with van der Waals surface area (Å²) in [6.45, 7) is 4.23. The Kier molecular flexibility index (Phi) is 5.23. The third-order valence-corrected chi connectivity index (χ3v) is 4.19. The first-order valence-corrected chi connectivity index (χ1v) is 7.76. The molecule has 8 heteroatoms. The molecule has 1 amide bonds. The number of benzene rings is 1. The number of carbonyl (C=O) groups excluding carboxylic acids is 1. The zero-order chi connectivity index (χ0) is 17.2. The highest BCUT2D eigenvalue weighted by Crippen LogP contribution is 2.29. The van der Waals surface area contributed by atoms with Gasteiger partial charge < -0.3 is 10.4 Å². The van der Waals surface area contributed by atoms with Gasteiger partial charge in [0, 0.05) is 17.1 Å². The molecule has 1 aliphatic rings. The van der Waals surface area contributed by atoms with Crippen molar-refractivity contribution in [3.63, 3.8) is 0 Å². The monoisotopic (exact) mass is 341 g/mol. The van der Waals surface area contributed by atoms with Crippen molar-refractivity contribution in [2.75, 3.05) is 18.4 Å². The predicted molar refractivity (Wildman–Crippen MR) is 87.6 cm³/mol. The van der Waals surface area contributed by atoms with Crippen LogP contribution >= 0.6 is 11.6 Å². The molecule has 1 unspecified atom stereocenters. The lowest BCUT2D eigenvalue weighted by atomic mass is 9.97. The zero-order valence-electron chi connectivity index (χ0n) is 13.1. The third kappa shape index (κ3) is 4.40. The number of amides is 1. The van der Waals surface area contributed by atoms with E-state index < -0.39 is 10.5 Å². The number of halogens is 1. The van der Waals surface area contributed by atoms with Gasteiger partial charge in [-0.15, -0.1) is 0 Å². The van der Waals surface area contributed by atoms with E-state index in [9.17, 15) is 20.0 Å². The fourth-order valence-corrected chi connectivity index (χ4v) is 3.12. The zero-order valence-corrected chi connectivity index (χ0v) is 13.8. The number of anilines is 1. The lowest BCUT2D eigenvalue weighted by Crippen LogP contribution is -2.48. The Morgan fingerprint density at radius 1 is 1.57 bits per heavy atom. The number of nitro groups is 1. The van der Waals surface area contributed by atoms with Crippen LogP contribution in [0.5, 0.6) is 0 Å². The molecule has 23 heavy (non-hydrogen) atoms. The molecule has 1 fully saturated rings. The second-order valence-electron chi connectivity index (χ2n) is 6.25. The van der Waals surface area contributed by atoms with Crippen molar-refractivity contribution in [1.29, 1.82) is 0 Å². The van der Waals surface area contributed by atoms with E-state index in [0.29, 0.717) is 6.54 Å². The Bertz CT molecular complexity index is 615. The van der Waals surface area contributed by atoms with Crippen LogP contribution in [0.25, 0.3) is 0 Å². The fourth-order valence-electron chi connectivity index (χ4n) is 2.95. The molecule has 0 spiro atoms. The molecule has 1 aliphatic heterocycles. The van der Waals surface area contributed by atoms with E-state index >= 15 is 0 Å². The van der Waals surface area contributed by atoms with Gasteiger partial charge >= 0.3 is 0 Å². The quantitative estimate of drug-likeness (QED) is 0.633. The molecule has 1 heterocycles. The fraction of sp³-hybridized carbons (Fsp3) is 0.533. The van der Waals surface area contributed by atoms with Gasteiger partial charge in [-0.1, -0.05) is 11.6 Å². The van der Waals surface area contributed by atoms with Crippen molar-refractivity contribution in [3.8, 4) is 0 Å². The van der Waals surface area contributed by atoms with Crippen LogP contribution in [0.4, 0.5) is 11.4 Å². The highest BCUT2D eigenvalue weighted by Gasteiger charge is 2.36. The van der Waals surface area contributed by atoms with Gasteiger partial charge in [0.15, 0.2) is 0 Å². The molecule has 2 rings (SSSR count). The normalized spacial score (nSPS) is 18.9. The van der Waals surface area contributed by atoms with Crippen LogP contribution in [-0.4, -0.2) is 45.6 Å². The van der Waals surface area contributed by atoms with Crippen LogP contribution < -0.4 is 5.32 Å². The van der Waals surface area contributed by atoms with Gasteiger partial charge in [-0.25, -0.2) is 0 Å². The number of nitrogens with zero attached hydrogens (tertiary/aromatic N) is 2. The molecular formula is C15H20ClN3O4. The molecule has 0 saturated carbocycles. The molecule has 0 radical (unpaired) electrons. The summed E-state index contributed by atoms with van der Waals surface area (Å²) in [7, 11) is 0. The Hall–Kier alpha value is -1.70. The molecule has 1 aromatic carbocycles. The Labute approximate surface area is 139 Å². The molecule has 1 aromatic rings. The Balaban J connectivity index is 2.07. The van der Waals surface area contributed by atoms with Crippen molar-refractivity contribution < 1.29 is 14.8 Å². The standard InChI is InChI=1S/C15H20ClN3O4/c1-15(2,21)13-4-3-7-18(13)9-14(20)17-11-6-5-10(16)8-12(11)19(22)23/h5-6,8,13,21H,3-4,7,9H2,1-2H3,(H,17,20). The van der Waals surface area contributed by atoms with E-state index in [1.807, 2.05) is 4.90 Å². The summed E-state index contributed by atoms with van der Waals surface area (Å²) in [5.74, 6) is -0.355. The number of hydrogen-bond acceptors (Lipinski definition) is 5. The molecule has 0 bridgehead atoms. The van der Waals surface area contributed by atoms with E-state index in [1.165, 1.54) is 18.2 Å². The van der Waals surface area contributed by atoms with Gasteiger partial charge in [-0.3, -0.25) is 19.8 Å². The molecule has 0 aromatic heterocycles. The second-order valence-corrected chi connectivity index (χ2v) is 6.69. The van der Waals surface area contributed by atoms with Crippen molar-refractivity contribution >= 4 is 28.9 Å². The first kappa shape index (κ1) is 17.7. The van der Waals surface area contributed by atoms with Gasteiger partial charge in [0.1, 0.15) is 5.69 Å². The SMILES string of the molecule is CC(C)(O)C1CCCN1CC(=O)Nc1ccc(Cl)cc1[N+](=O)[O-]. The highest BCUT2D eigenvalue weighted by atomic mass is 35.5. The summed E-state index contributed by atoms with van der Waals surface area (Å²) in [5.41, 5.74) is -1.03. The van der Waals surface area contributed by atoms with Crippen LogP contribution in [-0.2, 0) is 4.79 Å². The largest absolute Gasteiger partial charge is 0.389 e. The number of nitro benzene ring substituents is 1. The van der Waals surface area contributed by atoms with Crippen LogP contribution in [0.2, 0.25) is 5.02 Å². The highest BCUT2D eigenvalue weighted by molar-refractivity contribution is 6.31. The third-order valence-electron chi connectivity index (χ3n) is 3.96. The van der Waals surface area contributed by atoms with Gasteiger partial charge in [0.05, 0.1) is 17.1 Å². The van der Waals surface area contributed by atoms with E-state index in [4.69, 9.17) is 11.6 Å². The van der Waals surface area contributed by atoms with Crippen molar-refractivity contribution in [2.45, 2.75) is 38.3 Å². The first-order chi connectivity index (χ1) is 10.7. The number of nitrogens with one attached hydrogen (secondary N) is 1. The van der Waals surface area contributed by atoms with E-state index in [0.717, 1.165) is 12.8 Å². The molecule has 2 N–H and O–H groups in total. The van der Waals surface area contributed by atoms with Crippen molar-refractivity contribution in [1.82, 2.24) is 4.90 Å². The molecule has 1 atom stereocenters. The summed E-state index contributed by atoms with van der Waals surface area (Å²) < 4.78 is 0. The minimum absolute atomic E-state index is 0.0778. The lowest BCUT2D eigenvalue weighted by molar-refractivity contribution is -0.383. The van der Waals surface area contributed by atoms with Crippen LogP contribution in [0, 0.1) is 10.1 Å². The number of aliphatic hydroxyl groups is 1. The molecule has 7 nitrogen and oxygen atoms in total. The summed E-state index contributed by atoms with van der Waals surface area (Å²) in [6, 6.07) is 4.00. The average Bonchev–Trinajstić information content (AvgIpc) is 2.88. The maximum Gasteiger partial charge on any atom is 0.294 e.